The first-order valence-corrected chi connectivity index (χ1v) is 5.80. The van der Waals surface area contributed by atoms with Crippen molar-refractivity contribution in [1.29, 1.82) is 0 Å². The highest BCUT2D eigenvalue weighted by molar-refractivity contribution is 5.86. The molecule has 0 saturated carbocycles. The van der Waals surface area contributed by atoms with Gasteiger partial charge in [0.25, 0.3) is 0 Å². The number of phenolic OH excluding ortho intramolecular Hbond substituents is 1. The van der Waals surface area contributed by atoms with Crippen molar-refractivity contribution >= 4 is 11.7 Å². The van der Waals surface area contributed by atoms with Crippen molar-refractivity contribution in [3.05, 3.63) is 47.4 Å². The van der Waals surface area contributed by atoms with Crippen molar-refractivity contribution in [3.8, 4) is 5.75 Å². The third kappa shape index (κ3) is 3.07. The molecule has 1 aromatic heterocycles. The first kappa shape index (κ1) is 13.0. The number of furan rings is 1. The van der Waals surface area contributed by atoms with Gasteiger partial charge in [0.15, 0.2) is 0 Å². The second-order valence-corrected chi connectivity index (χ2v) is 4.11. The highest BCUT2D eigenvalue weighted by Crippen LogP contribution is 2.21. The zero-order valence-electron chi connectivity index (χ0n) is 10.8. The Bertz CT molecular complexity index is 589. The zero-order chi connectivity index (χ0) is 13.8. The lowest BCUT2D eigenvalue weighted by Crippen LogP contribution is -2.01. The molecule has 0 fully saturated rings. The largest absolute Gasteiger partial charge is 0.508 e. The maximum Gasteiger partial charge on any atom is 0.373 e. The van der Waals surface area contributed by atoms with E-state index in [4.69, 9.17) is 4.42 Å². The number of aromatic hydroxyl groups is 1. The van der Waals surface area contributed by atoms with Crippen molar-refractivity contribution in [2.45, 2.75) is 13.5 Å². The standard InChI is InChI=1S/C14H15NO4/c1-9-7-10(16)3-5-12(9)15-8-11-4-6-13(19-11)14(17)18-2/h3-7,15-16H,8H2,1-2H3. The zero-order valence-corrected chi connectivity index (χ0v) is 10.8. The van der Waals surface area contributed by atoms with Gasteiger partial charge in [0.2, 0.25) is 5.76 Å². The highest BCUT2D eigenvalue weighted by Gasteiger charge is 2.10. The summed E-state index contributed by atoms with van der Waals surface area (Å²) in [6.07, 6.45) is 0. The molecule has 0 saturated heterocycles. The van der Waals surface area contributed by atoms with Gasteiger partial charge in [-0.1, -0.05) is 0 Å². The number of carbonyl (C=O) groups is 1. The van der Waals surface area contributed by atoms with Crippen molar-refractivity contribution < 1.29 is 19.1 Å². The summed E-state index contributed by atoms with van der Waals surface area (Å²) in [7, 11) is 1.31. The second kappa shape index (κ2) is 5.48. The van der Waals surface area contributed by atoms with Crippen LogP contribution < -0.4 is 5.32 Å². The van der Waals surface area contributed by atoms with E-state index < -0.39 is 5.97 Å². The first-order chi connectivity index (χ1) is 9.10. The average molecular weight is 261 g/mol. The molecule has 0 bridgehead atoms. The van der Waals surface area contributed by atoms with Gasteiger partial charge >= 0.3 is 5.97 Å². The van der Waals surface area contributed by atoms with Gasteiger partial charge in [-0.25, -0.2) is 4.79 Å². The minimum absolute atomic E-state index is 0.182. The first-order valence-electron chi connectivity index (χ1n) is 5.80. The average Bonchev–Trinajstić information content (AvgIpc) is 2.85. The fraction of sp³-hybridized carbons (Fsp3) is 0.214. The van der Waals surface area contributed by atoms with Crippen LogP contribution in [0.15, 0.2) is 34.7 Å². The predicted molar refractivity (Wildman–Crippen MR) is 70.2 cm³/mol. The van der Waals surface area contributed by atoms with Gasteiger partial charge in [-0.2, -0.15) is 0 Å². The van der Waals surface area contributed by atoms with E-state index in [0.717, 1.165) is 11.3 Å². The summed E-state index contributed by atoms with van der Waals surface area (Å²) in [5.41, 5.74) is 1.83. The number of phenols is 1. The van der Waals surface area contributed by atoms with E-state index in [-0.39, 0.29) is 11.5 Å². The second-order valence-electron chi connectivity index (χ2n) is 4.11. The van der Waals surface area contributed by atoms with Crippen LogP contribution in [-0.2, 0) is 11.3 Å². The van der Waals surface area contributed by atoms with E-state index in [1.54, 1.807) is 30.3 Å². The Balaban J connectivity index is 2.02. The molecule has 0 aliphatic rings. The number of ether oxygens (including phenoxy) is 1. The van der Waals surface area contributed by atoms with E-state index in [9.17, 15) is 9.90 Å². The highest BCUT2D eigenvalue weighted by atomic mass is 16.5. The molecule has 1 heterocycles. The fourth-order valence-electron chi connectivity index (χ4n) is 1.71. The molecule has 0 aliphatic heterocycles. The molecule has 5 nitrogen and oxygen atoms in total. The Morgan fingerprint density at radius 2 is 2.16 bits per heavy atom. The lowest BCUT2D eigenvalue weighted by atomic mass is 10.2. The summed E-state index contributed by atoms with van der Waals surface area (Å²) in [5.74, 6) is 0.552. The van der Waals surface area contributed by atoms with E-state index >= 15 is 0 Å². The van der Waals surface area contributed by atoms with Crippen LogP contribution >= 0.6 is 0 Å². The molecule has 100 valence electrons. The number of esters is 1. The van der Waals surface area contributed by atoms with Gasteiger partial charge in [0.1, 0.15) is 11.5 Å². The van der Waals surface area contributed by atoms with Gasteiger partial charge in [-0.05, 0) is 42.8 Å². The molecule has 2 N–H and O–H groups in total. The van der Waals surface area contributed by atoms with Crippen molar-refractivity contribution in [3.63, 3.8) is 0 Å². The molecule has 0 unspecified atom stereocenters. The third-order valence-electron chi connectivity index (χ3n) is 2.71. The molecule has 0 aliphatic carbocycles. The van der Waals surface area contributed by atoms with E-state index in [0.29, 0.717) is 12.3 Å². The van der Waals surface area contributed by atoms with Crippen LogP contribution in [0.3, 0.4) is 0 Å². The molecule has 5 heteroatoms. The molecule has 2 aromatic rings. The molecular formula is C14H15NO4. The molecule has 0 atom stereocenters. The Hall–Kier alpha value is -2.43. The maximum absolute atomic E-state index is 11.2. The van der Waals surface area contributed by atoms with Gasteiger partial charge in [0.05, 0.1) is 13.7 Å². The van der Waals surface area contributed by atoms with Crippen LogP contribution in [0.4, 0.5) is 5.69 Å². The van der Waals surface area contributed by atoms with Crippen molar-refractivity contribution in [2.75, 3.05) is 12.4 Å². The van der Waals surface area contributed by atoms with Gasteiger partial charge in [-0.3, -0.25) is 0 Å². The number of carbonyl (C=O) groups excluding carboxylic acids is 1. The number of anilines is 1. The SMILES string of the molecule is COC(=O)c1ccc(CNc2ccc(O)cc2C)o1. The van der Waals surface area contributed by atoms with Crippen LogP contribution in [0.25, 0.3) is 0 Å². The number of hydrogen-bond donors (Lipinski definition) is 2. The Morgan fingerprint density at radius 3 is 2.84 bits per heavy atom. The summed E-state index contributed by atoms with van der Waals surface area (Å²) in [5, 5.41) is 12.5. The van der Waals surface area contributed by atoms with Crippen LogP contribution in [0.2, 0.25) is 0 Å². The minimum atomic E-state index is -0.493. The molecule has 2 rings (SSSR count). The number of benzene rings is 1. The quantitative estimate of drug-likeness (QED) is 0.654. The Kier molecular flexibility index (Phi) is 3.75. The number of nitrogens with one attached hydrogen (secondary N) is 1. The summed E-state index contributed by atoms with van der Waals surface area (Å²) in [6, 6.07) is 8.36. The van der Waals surface area contributed by atoms with Gasteiger partial charge < -0.3 is 19.6 Å². The summed E-state index contributed by atoms with van der Waals surface area (Å²) >= 11 is 0. The number of hydrogen-bond acceptors (Lipinski definition) is 5. The number of methoxy groups -OCH3 is 1. The molecule has 0 radical (unpaired) electrons. The predicted octanol–water partition coefficient (Wildman–Crippen LogP) is 2.69. The van der Waals surface area contributed by atoms with E-state index in [1.807, 2.05) is 6.92 Å². The number of aryl methyl sites for hydroxylation is 1. The normalized spacial score (nSPS) is 10.2. The lowest BCUT2D eigenvalue weighted by Gasteiger charge is -2.08. The molecule has 0 spiro atoms. The van der Waals surface area contributed by atoms with Gasteiger partial charge in [-0.15, -0.1) is 0 Å². The Labute approximate surface area is 110 Å². The van der Waals surface area contributed by atoms with Crippen LogP contribution in [0.5, 0.6) is 5.75 Å². The van der Waals surface area contributed by atoms with E-state index in [1.165, 1.54) is 7.11 Å². The summed E-state index contributed by atoms with van der Waals surface area (Å²) in [6.45, 7) is 2.34. The molecule has 19 heavy (non-hydrogen) atoms. The Morgan fingerprint density at radius 1 is 1.37 bits per heavy atom. The number of rotatable bonds is 4. The maximum atomic E-state index is 11.2. The fourth-order valence-corrected chi connectivity index (χ4v) is 1.71. The van der Waals surface area contributed by atoms with Crippen LogP contribution in [0, 0.1) is 6.92 Å². The smallest absolute Gasteiger partial charge is 0.373 e. The van der Waals surface area contributed by atoms with Crippen molar-refractivity contribution in [1.82, 2.24) is 0 Å². The van der Waals surface area contributed by atoms with Gasteiger partial charge in [0, 0.05) is 5.69 Å². The summed E-state index contributed by atoms with van der Waals surface area (Å²) < 4.78 is 9.90. The minimum Gasteiger partial charge on any atom is -0.508 e. The third-order valence-corrected chi connectivity index (χ3v) is 2.71. The van der Waals surface area contributed by atoms with Crippen LogP contribution in [-0.4, -0.2) is 18.2 Å². The topological polar surface area (TPSA) is 71.7 Å². The molecular weight excluding hydrogens is 246 g/mol. The monoisotopic (exact) mass is 261 g/mol. The summed E-state index contributed by atoms with van der Waals surface area (Å²) in [4.78, 5) is 11.2. The molecule has 0 amide bonds. The lowest BCUT2D eigenvalue weighted by molar-refractivity contribution is 0.0563. The van der Waals surface area contributed by atoms with E-state index in [2.05, 4.69) is 10.1 Å². The van der Waals surface area contributed by atoms with Crippen LogP contribution in [0.1, 0.15) is 21.9 Å². The van der Waals surface area contributed by atoms with Crippen molar-refractivity contribution in [2.24, 2.45) is 0 Å². The molecule has 1 aromatic carbocycles.